The molecule has 4 fully saturated rings. The maximum absolute atomic E-state index is 14.6. The van der Waals surface area contributed by atoms with E-state index in [9.17, 15) is 19.5 Å². The number of ether oxygens (including phenoxy) is 3. The van der Waals surface area contributed by atoms with Gasteiger partial charge in [0.15, 0.2) is 0 Å². The summed E-state index contributed by atoms with van der Waals surface area (Å²) >= 11 is 0. The topological polar surface area (TPSA) is 109 Å². The lowest BCUT2D eigenvalue weighted by Gasteiger charge is -2.41. The largest absolute Gasteiger partial charge is 0.461 e. The van der Waals surface area contributed by atoms with Crippen LogP contribution in [0.4, 0.5) is 0 Å². The van der Waals surface area contributed by atoms with Crippen LogP contribution in [0.1, 0.15) is 46.5 Å². The number of hydrogen-bond acceptors (Lipinski definition) is 8. The quantitative estimate of drug-likeness (QED) is 0.252. The minimum Gasteiger partial charge on any atom is -0.461 e. The van der Waals surface area contributed by atoms with Crippen LogP contribution < -0.4 is 0 Å². The molecule has 10 heteroatoms. The summed E-state index contributed by atoms with van der Waals surface area (Å²) in [6.07, 6.45) is 5.48. The molecule has 4 saturated heterocycles. The van der Waals surface area contributed by atoms with Gasteiger partial charge in [0.05, 0.1) is 37.4 Å². The Morgan fingerprint density at radius 1 is 1.23 bits per heavy atom. The van der Waals surface area contributed by atoms with Crippen molar-refractivity contribution in [1.29, 1.82) is 0 Å². The van der Waals surface area contributed by atoms with Gasteiger partial charge in [-0.1, -0.05) is 45.9 Å². The summed E-state index contributed by atoms with van der Waals surface area (Å²) < 4.78 is 17.8. The van der Waals surface area contributed by atoms with Crippen LogP contribution in [0, 0.1) is 17.8 Å². The van der Waals surface area contributed by atoms with Gasteiger partial charge in [-0.05, 0) is 25.2 Å². The highest BCUT2D eigenvalue weighted by Crippen LogP contribution is 2.65. The molecule has 1 N–H and O–H groups in total. The van der Waals surface area contributed by atoms with Gasteiger partial charge in [0.2, 0.25) is 11.8 Å². The Labute approximate surface area is 238 Å². The van der Waals surface area contributed by atoms with Crippen molar-refractivity contribution in [2.45, 2.75) is 69.7 Å². The summed E-state index contributed by atoms with van der Waals surface area (Å²) in [5, 5.41) is 10.5. The monoisotopic (exact) mass is 561 g/mol. The third-order valence-corrected chi connectivity index (χ3v) is 9.75. The van der Waals surface area contributed by atoms with E-state index in [0.29, 0.717) is 58.5 Å². The Hall–Kier alpha value is -2.27. The minimum atomic E-state index is -1.17. The Bertz CT molecular complexity index is 969. The molecular formula is C30H47N3O7. The van der Waals surface area contributed by atoms with Crippen molar-refractivity contribution >= 4 is 17.8 Å². The summed E-state index contributed by atoms with van der Waals surface area (Å²) in [6, 6.07) is -1.53. The summed E-state index contributed by atoms with van der Waals surface area (Å²) in [5.74, 6) is -2.76. The molecule has 224 valence electrons. The number of carbonyl (C=O) groups excluding carboxylic acids is 3. The number of hydrogen-bond donors (Lipinski definition) is 1. The number of nitrogens with zero attached hydrogens (tertiary/aromatic N) is 3. The van der Waals surface area contributed by atoms with E-state index in [-0.39, 0.29) is 30.9 Å². The maximum atomic E-state index is 14.6. The average molecular weight is 562 g/mol. The number of rotatable bonds is 14. The van der Waals surface area contributed by atoms with Crippen LogP contribution in [-0.2, 0) is 28.6 Å². The van der Waals surface area contributed by atoms with E-state index in [1.807, 2.05) is 20.8 Å². The second-order valence-electron chi connectivity index (χ2n) is 11.7. The Morgan fingerprint density at radius 3 is 2.55 bits per heavy atom. The highest BCUT2D eigenvalue weighted by atomic mass is 16.6. The standard InChI is InChI=1S/C30H47N3O7/c1-6-12-32(14-13-31-15-18-38-19-16-31)27(36)25-30-11-10-29(9-4,40-30)24(28(37)39-17-7-2)23(30)26(35)33(25)22(20-34)21(5)8-3/h6-7,21-25,34H,1-2,8-20H2,3-5H3/t21-,22-,23-,24-,25?,29+,30?/m0/s1. The molecule has 4 aliphatic rings. The zero-order valence-corrected chi connectivity index (χ0v) is 24.4. The fourth-order valence-electron chi connectivity index (χ4n) is 7.40. The summed E-state index contributed by atoms with van der Waals surface area (Å²) in [5.41, 5.74) is -2.04. The van der Waals surface area contributed by atoms with Crippen molar-refractivity contribution in [3.05, 3.63) is 25.3 Å². The first-order valence-electron chi connectivity index (χ1n) is 14.9. The highest BCUT2D eigenvalue weighted by molar-refractivity contribution is 5.98. The molecule has 4 heterocycles. The third-order valence-electron chi connectivity index (χ3n) is 9.75. The van der Waals surface area contributed by atoms with Gasteiger partial charge in [-0.25, -0.2) is 0 Å². The zero-order chi connectivity index (χ0) is 29.1. The molecule has 0 aliphatic carbocycles. The number of aliphatic hydroxyl groups is 1. The smallest absolute Gasteiger partial charge is 0.313 e. The predicted octanol–water partition coefficient (Wildman–Crippen LogP) is 1.62. The number of fused-ring (bicyclic) bond motifs is 1. The van der Waals surface area contributed by atoms with Crippen LogP contribution in [0.5, 0.6) is 0 Å². The zero-order valence-electron chi connectivity index (χ0n) is 24.4. The van der Waals surface area contributed by atoms with Gasteiger partial charge in [0.1, 0.15) is 24.2 Å². The Balaban J connectivity index is 1.74. The fourth-order valence-corrected chi connectivity index (χ4v) is 7.40. The van der Waals surface area contributed by atoms with E-state index < -0.39 is 41.1 Å². The van der Waals surface area contributed by atoms with Crippen molar-refractivity contribution in [2.75, 3.05) is 59.2 Å². The van der Waals surface area contributed by atoms with E-state index in [0.717, 1.165) is 13.1 Å². The molecule has 2 unspecified atom stereocenters. The van der Waals surface area contributed by atoms with E-state index >= 15 is 0 Å². The van der Waals surface area contributed by atoms with Gasteiger partial charge in [-0.2, -0.15) is 0 Å². The second kappa shape index (κ2) is 12.7. The van der Waals surface area contributed by atoms with Gasteiger partial charge in [0.25, 0.3) is 0 Å². The van der Waals surface area contributed by atoms with Crippen LogP contribution in [0.15, 0.2) is 25.3 Å². The van der Waals surface area contributed by atoms with Crippen LogP contribution in [-0.4, -0.2) is 120 Å². The molecule has 2 bridgehead atoms. The Kier molecular flexibility index (Phi) is 9.75. The van der Waals surface area contributed by atoms with E-state index in [2.05, 4.69) is 18.1 Å². The first-order chi connectivity index (χ1) is 19.2. The van der Waals surface area contributed by atoms with Crippen LogP contribution >= 0.6 is 0 Å². The lowest BCUT2D eigenvalue weighted by molar-refractivity contribution is -0.163. The molecule has 0 aromatic heterocycles. The van der Waals surface area contributed by atoms with Crippen molar-refractivity contribution in [1.82, 2.24) is 14.7 Å². The van der Waals surface area contributed by atoms with Crippen molar-refractivity contribution in [3.63, 3.8) is 0 Å². The van der Waals surface area contributed by atoms with Crippen molar-refractivity contribution in [2.24, 2.45) is 17.8 Å². The molecule has 4 aliphatic heterocycles. The number of amides is 2. The summed E-state index contributed by atoms with van der Waals surface area (Å²) in [6.45, 7) is 17.6. The first kappa shape index (κ1) is 30.7. The summed E-state index contributed by atoms with van der Waals surface area (Å²) in [7, 11) is 0. The number of likely N-dealkylation sites (tertiary alicyclic amines) is 1. The van der Waals surface area contributed by atoms with Crippen LogP contribution in [0.25, 0.3) is 0 Å². The third kappa shape index (κ3) is 5.12. The van der Waals surface area contributed by atoms with Crippen molar-refractivity contribution in [3.8, 4) is 0 Å². The molecule has 0 radical (unpaired) electrons. The van der Waals surface area contributed by atoms with Gasteiger partial charge in [-0.15, -0.1) is 6.58 Å². The minimum absolute atomic E-state index is 0.0376. The summed E-state index contributed by atoms with van der Waals surface area (Å²) in [4.78, 5) is 48.1. The number of morpholine rings is 1. The normalized spacial score (nSPS) is 33.0. The Morgan fingerprint density at radius 2 is 1.95 bits per heavy atom. The maximum Gasteiger partial charge on any atom is 0.313 e. The molecule has 0 aromatic rings. The molecule has 2 amide bonds. The molecule has 1 spiro atoms. The number of carbonyl (C=O) groups is 3. The van der Waals surface area contributed by atoms with Gasteiger partial charge in [-0.3, -0.25) is 19.3 Å². The average Bonchev–Trinajstić information content (AvgIpc) is 3.58. The van der Waals surface area contributed by atoms with E-state index in [4.69, 9.17) is 14.2 Å². The van der Waals surface area contributed by atoms with Gasteiger partial charge >= 0.3 is 5.97 Å². The molecule has 0 aromatic carbocycles. The van der Waals surface area contributed by atoms with Crippen LogP contribution in [0.3, 0.4) is 0 Å². The molecule has 0 saturated carbocycles. The van der Waals surface area contributed by atoms with Crippen LogP contribution in [0.2, 0.25) is 0 Å². The number of aliphatic hydroxyl groups excluding tert-OH is 1. The number of esters is 1. The second-order valence-corrected chi connectivity index (χ2v) is 11.7. The predicted molar refractivity (Wildman–Crippen MR) is 149 cm³/mol. The van der Waals surface area contributed by atoms with Gasteiger partial charge < -0.3 is 29.1 Å². The molecule has 4 rings (SSSR count). The first-order valence-corrected chi connectivity index (χ1v) is 14.9. The SMILES string of the molecule is C=CCOC(=O)[C@@H]1[C@H]2C(=O)N([C@@H](CO)[C@@H](C)CC)C(C(=O)N(CC=C)CCN3CCOCC3)C23CC[C@@]1(CC)O3. The van der Waals surface area contributed by atoms with E-state index in [1.54, 1.807) is 15.9 Å². The molecule has 40 heavy (non-hydrogen) atoms. The van der Waals surface area contributed by atoms with Gasteiger partial charge in [0, 0.05) is 32.7 Å². The highest BCUT2D eigenvalue weighted by Gasteiger charge is 2.79. The molecule has 10 nitrogen and oxygen atoms in total. The lowest BCUT2D eigenvalue weighted by atomic mass is 9.65. The molecular weight excluding hydrogens is 514 g/mol. The lowest BCUT2D eigenvalue weighted by Crippen LogP contribution is -2.60. The van der Waals surface area contributed by atoms with Crippen molar-refractivity contribution < 1.29 is 33.7 Å². The fraction of sp³-hybridized carbons (Fsp3) is 0.767. The van der Waals surface area contributed by atoms with E-state index in [1.165, 1.54) is 6.08 Å². The molecule has 7 atom stereocenters.